The van der Waals surface area contributed by atoms with E-state index in [1.165, 1.54) is 11.1 Å². The molecule has 0 amide bonds. The molecule has 0 aliphatic heterocycles. The van der Waals surface area contributed by atoms with Crippen LogP contribution < -0.4 is 5.32 Å². The summed E-state index contributed by atoms with van der Waals surface area (Å²) in [7, 11) is 0. The van der Waals surface area contributed by atoms with Gasteiger partial charge in [-0.05, 0) is 68.5 Å². The van der Waals surface area contributed by atoms with E-state index >= 15 is 0 Å². The average Bonchev–Trinajstić information content (AvgIpc) is 2.41. The van der Waals surface area contributed by atoms with Crippen molar-refractivity contribution in [3.63, 3.8) is 0 Å². The molecule has 0 fully saturated rings. The molecule has 0 saturated carbocycles. The van der Waals surface area contributed by atoms with Crippen molar-refractivity contribution in [2.75, 3.05) is 5.32 Å². The van der Waals surface area contributed by atoms with Gasteiger partial charge in [-0.1, -0.05) is 6.07 Å². The van der Waals surface area contributed by atoms with Gasteiger partial charge in [-0.15, -0.1) is 0 Å². The molecule has 3 nitrogen and oxygen atoms in total. The van der Waals surface area contributed by atoms with Crippen molar-refractivity contribution in [3.05, 3.63) is 52.8 Å². The summed E-state index contributed by atoms with van der Waals surface area (Å²) in [5, 5.41) is 13.2. The Morgan fingerprint density at radius 3 is 2.85 bits per heavy atom. The van der Waals surface area contributed by atoms with Gasteiger partial charge in [0.25, 0.3) is 0 Å². The van der Waals surface area contributed by atoms with Gasteiger partial charge in [0.15, 0.2) is 0 Å². The highest BCUT2D eigenvalue weighted by atomic mass is 16.3. The van der Waals surface area contributed by atoms with E-state index in [1.807, 2.05) is 32.0 Å². The van der Waals surface area contributed by atoms with E-state index in [4.69, 9.17) is 0 Å². The van der Waals surface area contributed by atoms with Crippen molar-refractivity contribution >= 4 is 5.69 Å². The van der Waals surface area contributed by atoms with Crippen LogP contribution in [-0.4, -0.2) is 10.1 Å². The molecule has 0 spiro atoms. The van der Waals surface area contributed by atoms with Gasteiger partial charge < -0.3 is 10.4 Å². The SMILES string of the molecule is Cc1ccc(NC2CCCc3cc(O)ccc32)c(C)n1. The first kappa shape index (κ1) is 13.0. The zero-order chi connectivity index (χ0) is 14.1. The first-order chi connectivity index (χ1) is 9.63. The third kappa shape index (κ3) is 2.48. The number of nitrogens with zero attached hydrogens (tertiary/aromatic N) is 1. The van der Waals surface area contributed by atoms with Gasteiger partial charge in [-0.25, -0.2) is 0 Å². The van der Waals surface area contributed by atoms with Crippen LogP contribution in [0.4, 0.5) is 5.69 Å². The molecule has 3 rings (SSSR count). The van der Waals surface area contributed by atoms with Crippen LogP contribution in [0.1, 0.15) is 41.4 Å². The van der Waals surface area contributed by atoms with Gasteiger partial charge in [0.05, 0.1) is 17.4 Å². The molecule has 1 aliphatic carbocycles. The molecule has 104 valence electrons. The summed E-state index contributed by atoms with van der Waals surface area (Å²) in [6.45, 7) is 4.05. The number of phenolic OH excluding ortho intramolecular Hbond substituents is 1. The number of pyridine rings is 1. The predicted octanol–water partition coefficient (Wildman–Crippen LogP) is 3.89. The van der Waals surface area contributed by atoms with E-state index in [9.17, 15) is 5.11 Å². The van der Waals surface area contributed by atoms with Crippen molar-refractivity contribution in [1.29, 1.82) is 0 Å². The molecular weight excluding hydrogens is 248 g/mol. The fraction of sp³-hybridized carbons (Fsp3) is 0.353. The van der Waals surface area contributed by atoms with E-state index in [2.05, 4.69) is 16.4 Å². The number of nitrogens with one attached hydrogen (secondary N) is 1. The maximum atomic E-state index is 9.61. The lowest BCUT2D eigenvalue weighted by molar-refractivity contribution is 0.472. The molecule has 1 aromatic heterocycles. The second kappa shape index (κ2) is 5.16. The van der Waals surface area contributed by atoms with Gasteiger partial charge in [-0.3, -0.25) is 4.98 Å². The summed E-state index contributed by atoms with van der Waals surface area (Å²) in [5.41, 5.74) is 5.74. The summed E-state index contributed by atoms with van der Waals surface area (Å²) in [6.07, 6.45) is 3.31. The molecule has 2 aromatic rings. The van der Waals surface area contributed by atoms with Gasteiger partial charge in [-0.2, -0.15) is 0 Å². The second-order valence-electron chi connectivity index (χ2n) is 5.56. The summed E-state index contributed by atoms with van der Waals surface area (Å²) >= 11 is 0. The average molecular weight is 268 g/mol. The standard InChI is InChI=1S/C17H20N2O/c1-11-6-9-16(12(2)18-11)19-17-5-3-4-13-10-14(20)7-8-15(13)17/h6-10,17,19-20H,3-5H2,1-2H3. The Kier molecular flexibility index (Phi) is 3.35. The molecule has 0 radical (unpaired) electrons. The first-order valence-electron chi connectivity index (χ1n) is 7.16. The van der Waals surface area contributed by atoms with E-state index in [0.717, 1.165) is 36.3 Å². The smallest absolute Gasteiger partial charge is 0.115 e. The largest absolute Gasteiger partial charge is 0.508 e. The Morgan fingerprint density at radius 1 is 1.20 bits per heavy atom. The second-order valence-corrected chi connectivity index (χ2v) is 5.56. The van der Waals surface area contributed by atoms with Crippen LogP contribution >= 0.6 is 0 Å². The Labute approximate surface area is 119 Å². The molecule has 1 heterocycles. The van der Waals surface area contributed by atoms with Crippen molar-refractivity contribution in [2.45, 2.75) is 39.2 Å². The van der Waals surface area contributed by atoms with E-state index in [1.54, 1.807) is 6.07 Å². The first-order valence-corrected chi connectivity index (χ1v) is 7.16. The molecule has 1 atom stereocenters. The lowest BCUT2D eigenvalue weighted by Crippen LogP contribution is -2.18. The molecule has 20 heavy (non-hydrogen) atoms. The number of hydrogen-bond acceptors (Lipinski definition) is 3. The monoisotopic (exact) mass is 268 g/mol. The zero-order valence-electron chi connectivity index (χ0n) is 12.0. The van der Waals surface area contributed by atoms with Crippen LogP contribution in [-0.2, 0) is 6.42 Å². The van der Waals surface area contributed by atoms with Gasteiger partial charge in [0.1, 0.15) is 5.75 Å². The zero-order valence-corrected chi connectivity index (χ0v) is 12.0. The fourth-order valence-electron chi connectivity index (χ4n) is 2.98. The molecule has 2 N–H and O–H groups in total. The topological polar surface area (TPSA) is 45.1 Å². The Morgan fingerprint density at radius 2 is 2.05 bits per heavy atom. The van der Waals surface area contributed by atoms with E-state index in [0.29, 0.717) is 11.8 Å². The highest BCUT2D eigenvalue weighted by Gasteiger charge is 2.20. The Bertz CT molecular complexity index is 637. The number of phenols is 1. The lowest BCUT2D eigenvalue weighted by Gasteiger charge is -2.28. The number of aryl methyl sites for hydroxylation is 3. The third-order valence-electron chi connectivity index (χ3n) is 4.00. The van der Waals surface area contributed by atoms with Crippen LogP contribution in [0.5, 0.6) is 5.75 Å². The molecule has 3 heteroatoms. The number of aromatic hydroxyl groups is 1. The Balaban J connectivity index is 1.89. The van der Waals surface area contributed by atoms with Gasteiger partial charge in [0.2, 0.25) is 0 Å². The van der Waals surface area contributed by atoms with Crippen LogP contribution in [0, 0.1) is 13.8 Å². The van der Waals surface area contributed by atoms with Crippen molar-refractivity contribution in [2.24, 2.45) is 0 Å². The minimum atomic E-state index is 0.308. The van der Waals surface area contributed by atoms with Crippen LogP contribution in [0.2, 0.25) is 0 Å². The number of benzene rings is 1. The minimum absolute atomic E-state index is 0.308. The summed E-state index contributed by atoms with van der Waals surface area (Å²) in [6, 6.07) is 10.2. The summed E-state index contributed by atoms with van der Waals surface area (Å²) in [5.74, 6) is 0.359. The van der Waals surface area contributed by atoms with Crippen molar-refractivity contribution in [3.8, 4) is 5.75 Å². The molecule has 0 bridgehead atoms. The number of aromatic nitrogens is 1. The van der Waals surface area contributed by atoms with Gasteiger partial charge in [0, 0.05) is 5.69 Å². The normalized spacial score (nSPS) is 17.6. The fourth-order valence-corrected chi connectivity index (χ4v) is 2.98. The number of anilines is 1. The predicted molar refractivity (Wildman–Crippen MR) is 81.1 cm³/mol. The molecule has 1 aliphatic rings. The maximum Gasteiger partial charge on any atom is 0.115 e. The van der Waals surface area contributed by atoms with Gasteiger partial charge >= 0.3 is 0 Å². The van der Waals surface area contributed by atoms with E-state index in [-0.39, 0.29) is 0 Å². The highest BCUT2D eigenvalue weighted by Crippen LogP contribution is 2.34. The summed E-state index contributed by atoms with van der Waals surface area (Å²) in [4.78, 5) is 4.51. The lowest BCUT2D eigenvalue weighted by atomic mass is 9.87. The highest BCUT2D eigenvalue weighted by molar-refractivity contribution is 5.51. The Hall–Kier alpha value is -2.03. The number of hydrogen-bond donors (Lipinski definition) is 2. The number of fused-ring (bicyclic) bond motifs is 1. The van der Waals surface area contributed by atoms with E-state index < -0.39 is 0 Å². The summed E-state index contributed by atoms with van der Waals surface area (Å²) < 4.78 is 0. The van der Waals surface area contributed by atoms with Crippen molar-refractivity contribution in [1.82, 2.24) is 4.98 Å². The molecular formula is C17H20N2O. The molecule has 1 aromatic carbocycles. The van der Waals surface area contributed by atoms with Crippen LogP contribution in [0.15, 0.2) is 30.3 Å². The molecule has 1 unspecified atom stereocenters. The maximum absolute atomic E-state index is 9.61. The minimum Gasteiger partial charge on any atom is -0.508 e. The third-order valence-corrected chi connectivity index (χ3v) is 4.00. The van der Waals surface area contributed by atoms with Crippen molar-refractivity contribution < 1.29 is 5.11 Å². The van der Waals surface area contributed by atoms with Crippen LogP contribution in [0.25, 0.3) is 0 Å². The molecule has 0 saturated heterocycles. The number of rotatable bonds is 2. The van der Waals surface area contributed by atoms with Crippen LogP contribution in [0.3, 0.4) is 0 Å². The quantitative estimate of drug-likeness (QED) is 0.868.